The van der Waals surface area contributed by atoms with E-state index in [9.17, 15) is 14.4 Å². The van der Waals surface area contributed by atoms with Gasteiger partial charge in [0.05, 0.1) is 10.0 Å². The molecule has 3 amide bonds. The van der Waals surface area contributed by atoms with Crippen LogP contribution in [0, 0.1) is 12.8 Å². The van der Waals surface area contributed by atoms with Crippen molar-refractivity contribution in [2.24, 2.45) is 5.92 Å². The monoisotopic (exact) mass is 441 g/mol. The predicted molar refractivity (Wildman–Crippen MR) is 109 cm³/mol. The van der Waals surface area contributed by atoms with Crippen molar-refractivity contribution in [3.63, 3.8) is 0 Å². The van der Waals surface area contributed by atoms with Crippen molar-refractivity contribution < 1.29 is 23.9 Å². The number of benzene rings is 1. The van der Waals surface area contributed by atoms with Crippen molar-refractivity contribution in [1.82, 2.24) is 15.6 Å². The molecule has 10 heteroatoms. The van der Waals surface area contributed by atoms with Gasteiger partial charge in [-0.1, -0.05) is 37.0 Å². The molecule has 29 heavy (non-hydrogen) atoms. The van der Waals surface area contributed by atoms with Crippen LogP contribution in [-0.2, 0) is 14.3 Å². The third kappa shape index (κ3) is 6.76. The molecule has 0 fully saturated rings. The summed E-state index contributed by atoms with van der Waals surface area (Å²) >= 11 is 12.3. The van der Waals surface area contributed by atoms with E-state index in [2.05, 4.69) is 15.6 Å². The number of fused-ring (bicyclic) bond motifs is 1. The second kappa shape index (κ2) is 10.3. The number of imide groups is 1. The van der Waals surface area contributed by atoms with Crippen LogP contribution in [0.15, 0.2) is 18.2 Å². The maximum Gasteiger partial charge on any atom is 0.344 e. The number of nitrogens with one attached hydrogen (secondary N) is 2. The highest BCUT2D eigenvalue weighted by atomic mass is 35.5. The summed E-state index contributed by atoms with van der Waals surface area (Å²) in [6.45, 7) is 4.91. The number of halogens is 2. The molecule has 1 aromatic heterocycles. The Morgan fingerprint density at radius 3 is 2.55 bits per heavy atom. The molecule has 0 aliphatic rings. The SMILES string of the molecule is Cc1ccc2c(Cl)cc(Cl)c(OCC(=O)OCC(=O)NC(=O)NCC(C)C)c2n1. The number of nitrogens with zero attached hydrogens (tertiary/aromatic N) is 1. The van der Waals surface area contributed by atoms with Gasteiger partial charge in [0.15, 0.2) is 19.0 Å². The quantitative estimate of drug-likeness (QED) is 0.638. The minimum Gasteiger partial charge on any atom is -0.478 e. The van der Waals surface area contributed by atoms with Crippen LogP contribution in [0.5, 0.6) is 5.75 Å². The number of rotatable bonds is 7. The molecule has 2 aromatic rings. The van der Waals surface area contributed by atoms with Crippen LogP contribution in [0.4, 0.5) is 4.79 Å². The van der Waals surface area contributed by atoms with Gasteiger partial charge in [-0.2, -0.15) is 0 Å². The van der Waals surface area contributed by atoms with E-state index in [0.29, 0.717) is 22.5 Å². The number of pyridine rings is 1. The van der Waals surface area contributed by atoms with Crippen LogP contribution in [0.25, 0.3) is 10.9 Å². The fourth-order valence-electron chi connectivity index (χ4n) is 2.25. The van der Waals surface area contributed by atoms with E-state index < -0.39 is 31.1 Å². The van der Waals surface area contributed by atoms with Crippen LogP contribution in [0.1, 0.15) is 19.5 Å². The number of amides is 3. The lowest BCUT2D eigenvalue weighted by molar-refractivity contribution is -0.150. The number of esters is 1. The molecule has 8 nitrogen and oxygen atoms in total. The van der Waals surface area contributed by atoms with Gasteiger partial charge in [0.1, 0.15) is 5.52 Å². The Morgan fingerprint density at radius 2 is 1.86 bits per heavy atom. The van der Waals surface area contributed by atoms with Gasteiger partial charge in [0.2, 0.25) is 0 Å². The summed E-state index contributed by atoms with van der Waals surface area (Å²) in [4.78, 5) is 39.4. The zero-order valence-corrected chi connectivity index (χ0v) is 17.7. The maximum atomic E-state index is 11.9. The summed E-state index contributed by atoms with van der Waals surface area (Å²) in [6.07, 6.45) is 0. The highest BCUT2D eigenvalue weighted by Gasteiger charge is 2.16. The molecule has 0 saturated carbocycles. The lowest BCUT2D eigenvalue weighted by Gasteiger charge is -2.12. The number of urea groups is 1. The summed E-state index contributed by atoms with van der Waals surface area (Å²) in [5, 5.41) is 5.78. The van der Waals surface area contributed by atoms with Crippen LogP contribution in [0.3, 0.4) is 0 Å². The Labute approximate surface area is 177 Å². The molecule has 1 heterocycles. The molecule has 0 saturated heterocycles. The van der Waals surface area contributed by atoms with Gasteiger partial charge >= 0.3 is 12.0 Å². The van der Waals surface area contributed by atoms with Gasteiger partial charge in [0.25, 0.3) is 5.91 Å². The number of carbonyl (C=O) groups is 3. The van der Waals surface area contributed by atoms with Crippen molar-refractivity contribution in [1.29, 1.82) is 0 Å². The molecular formula is C19H21Cl2N3O5. The zero-order chi connectivity index (χ0) is 21.6. The number of hydrogen-bond donors (Lipinski definition) is 2. The van der Waals surface area contributed by atoms with E-state index >= 15 is 0 Å². The molecule has 2 rings (SSSR count). The van der Waals surface area contributed by atoms with Gasteiger partial charge in [-0.25, -0.2) is 14.6 Å². The van der Waals surface area contributed by atoms with E-state index in [0.717, 1.165) is 5.69 Å². The summed E-state index contributed by atoms with van der Waals surface area (Å²) in [6, 6.07) is 4.40. The first-order chi connectivity index (χ1) is 13.7. The van der Waals surface area contributed by atoms with Gasteiger partial charge in [-0.05, 0) is 31.0 Å². The minimum absolute atomic E-state index is 0.184. The normalized spacial score (nSPS) is 10.7. The Hall–Kier alpha value is -2.58. The Kier molecular flexibility index (Phi) is 8.04. The number of ether oxygens (including phenoxy) is 2. The summed E-state index contributed by atoms with van der Waals surface area (Å²) in [5.74, 6) is -1.15. The first-order valence-corrected chi connectivity index (χ1v) is 9.54. The number of aromatic nitrogens is 1. The topological polar surface area (TPSA) is 107 Å². The lowest BCUT2D eigenvalue weighted by atomic mass is 10.2. The molecule has 0 spiro atoms. The molecule has 1 aromatic carbocycles. The van der Waals surface area contributed by atoms with Gasteiger partial charge < -0.3 is 14.8 Å². The lowest BCUT2D eigenvalue weighted by Crippen LogP contribution is -2.42. The maximum absolute atomic E-state index is 11.9. The second-order valence-electron chi connectivity index (χ2n) is 6.62. The van der Waals surface area contributed by atoms with E-state index in [1.165, 1.54) is 6.07 Å². The van der Waals surface area contributed by atoms with Gasteiger partial charge in [-0.15, -0.1) is 0 Å². The van der Waals surface area contributed by atoms with Gasteiger partial charge in [0, 0.05) is 17.6 Å². The van der Waals surface area contributed by atoms with Crippen LogP contribution >= 0.6 is 23.2 Å². The number of aryl methyl sites for hydroxylation is 1. The predicted octanol–water partition coefficient (Wildman–Crippen LogP) is 3.25. The first kappa shape index (κ1) is 22.7. The Balaban J connectivity index is 1.91. The average Bonchev–Trinajstić information content (AvgIpc) is 2.64. The van der Waals surface area contributed by atoms with Gasteiger partial charge in [-0.3, -0.25) is 10.1 Å². The molecule has 0 aliphatic carbocycles. The molecule has 0 aliphatic heterocycles. The molecular weight excluding hydrogens is 421 g/mol. The molecule has 0 radical (unpaired) electrons. The number of carbonyl (C=O) groups excluding carboxylic acids is 3. The Morgan fingerprint density at radius 1 is 1.14 bits per heavy atom. The van der Waals surface area contributed by atoms with Crippen molar-refractivity contribution in [2.45, 2.75) is 20.8 Å². The van der Waals surface area contributed by atoms with Crippen LogP contribution in [0.2, 0.25) is 10.0 Å². The van der Waals surface area contributed by atoms with Crippen LogP contribution < -0.4 is 15.4 Å². The summed E-state index contributed by atoms with van der Waals surface area (Å²) < 4.78 is 10.3. The van der Waals surface area contributed by atoms with Crippen molar-refractivity contribution in [3.05, 3.63) is 33.9 Å². The Bertz CT molecular complexity index is 934. The fourth-order valence-corrected chi connectivity index (χ4v) is 2.82. The molecule has 2 N–H and O–H groups in total. The van der Waals surface area contributed by atoms with E-state index in [-0.39, 0.29) is 16.7 Å². The first-order valence-electron chi connectivity index (χ1n) is 8.78. The molecule has 0 atom stereocenters. The highest BCUT2D eigenvalue weighted by molar-refractivity contribution is 6.39. The van der Waals surface area contributed by atoms with Crippen molar-refractivity contribution >= 4 is 52.0 Å². The third-order valence-electron chi connectivity index (χ3n) is 3.60. The van der Waals surface area contributed by atoms with Crippen molar-refractivity contribution in [2.75, 3.05) is 19.8 Å². The average molecular weight is 442 g/mol. The van der Waals surface area contributed by atoms with E-state index in [1.54, 1.807) is 19.1 Å². The summed E-state index contributed by atoms with van der Waals surface area (Å²) in [7, 11) is 0. The molecule has 156 valence electrons. The smallest absolute Gasteiger partial charge is 0.344 e. The largest absolute Gasteiger partial charge is 0.478 e. The second-order valence-corrected chi connectivity index (χ2v) is 7.43. The number of hydrogen-bond acceptors (Lipinski definition) is 6. The zero-order valence-electron chi connectivity index (χ0n) is 16.2. The van der Waals surface area contributed by atoms with E-state index in [4.69, 9.17) is 32.7 Å². The van der Waals surface area contributed by atoms with Crippen molar-refractivity contribution in [3.8, 4) is 5.75 Å². The minimum atomic E-state index is -0.811. The highest BCUT2D eigenvalue weighted by Crippen LogP contribution is 2.37. The fraction of sp³-hybridized carbons (Fsp3) is 0.368. The molecule has 0 bridgehead atoms. The third-order valence-corrected chi connectivity index (χ3v) is 4.19. The van der Waals surface area contributed by atoms with Crippen LogP contribution in [-0.4, -0.2) is 42.7 Å². The summed E-state index contributed by atoms with van der Waals surface area (Å²) in [5.41, 5.74) is 1.13. The van der Waals surface area contributed by atoms with E-state index in [1.807, 2.05) is 13.8 Å². The standard InChI is InChI=1S/C19H21Cl2N3O5/c1-10(2)7-22-19(27)24-15(25)8-28-16(26)9-29-18-14(21)6-13(20)12-5-4-11(3)23-17(12)18/h4-6,10H,7-9H2,1-3H3,(H2,22,24,25,27). The molecule has 0 unspecified atom stereocenters.